The quantitative estimate of drug-likeness (QED) is 0.430. The highest BCUT2D eigenvalue weighted by molar-refractivity contribution is 7.98. The number of rotatable bonds is 7. The van der Waals surface area contributed by atoms with E-state index in [1.165, 1.54) is 0 Å². The van der Waals surface area contributed by atoms with E-state index in [0.29, 0.717) is 16.6 Å². The van der Waals surface area contributed by atoms with Crippen molar-refractivity contribution < 1.29 is 4.79 Å². The molecule has 0 aliphatic carbocycles. The zero-order valence-corrected chi connectivity index (χ0v) is 17.7. The first kappa shape index (κ1) is 20.1. The van der Waals surface area contributed by atoms with Gasteiger partial charge in [-0.2, -0.15) is 0 Å². The van der Waals surface area contributed by atoms with E-state index in [2.05, 4.69) is 18.3 Å². The normalized spacial score (nSPS) is 11.1. The largest absolute Gasteiger partial charge is 0.342 e. The van der Waals surface area contributed by atoms with Crippen molar-refractivity contribution in [2.75, 3.05) is 13.1 Å². The predicted molar refractivity (Wildman–Crippen MR) is 116 cm³/mol. The molecule has 2 aromatic carbocycles. The summed E-state index contributed by atoms with van der Waals surface area (Å²) in [4.78, 5) is 15.6. The first-order valence-electron chi connectivity index (χ1n) is 8.95. The Balaban J connectivity index is 1.85. The Morgan fingerprint density at radius 1 is 1.11 bits per heavy atom. The summed E-state index contributed by atoms with van der Waals surface area (Å²) in [5.41, 5.74) is 2.12. The van der Waals surface area contributed by atoms with Crippen molar-refractivity contribution in [2.24, 2.45) is 0 Å². The number of aromatic nitrogens is 1. The number of hydrogen-bond donors (Lipinski definition) is 0. The molecular weight excluding hydrogens is 399 g/mol. The maximum absolute atomic E-state index is 12.6. The molecule has 6 heteroatoms. The lowest BCUT2D eigenvalue weighted by atomic mass is 10.2. The molecule has 142 valence electrons. The number of hydrogen-bond acceptors (Lipinski definition) is 2. The average Bonchev–Trinajstić information content (AvgIpc) is 3.00. The van der Waals surface area contributed by atoms with Crippen LogP contribution in [-0.2, 0) is 17.1 Å². The van der Waals surface area contributed by atoms with Crippen molar-refractivity contribution in [3.8, 4) is 0 Å². The molecule has 1 aromatic heterocycles. The molecule has 0 unspecified atom stereocenters. The van der Waals surface area contributed by atoms with Gasteiger partial charge in [-0.15, -0.1) is 11.8 Å². The molecule has 0 spiro atoms. The minimum absolute atomic E-state index is 0.137. The number of halogens is 2. The molecule has 0 fully saturated rings. The van der Waals surface area contributed by atoms with Gasteiger partial charge in [0.15, 0.2) is 0 Å². The van der Waals surface area contributed by atoms with Crippen LogP contribution in [0.1, 0.15) is 19.4 Å². The molecule has 0 saturated heterocycles. The fraction of sp³-hybridized carbons (Fsp3) is 0.286. The van der Waals surface area contributed by atoms with E-state index in [9.17, 15) is 4.79 Å². The van der Waals surface area contributed by atoms with Crippen LogP contribution in [0.2, 0.25) is 10.0 Å². The van der Waals surface area contributed by atoms with E-state index in [1.807, 2.05) is 47.6 Å². The highest BCUT2D eigenvalue weighted by Gasteiger charge is 2.15. The van der Waals surface area contributed by atoms with E-state index in [4.69, 9.17) is 23.2 Å². The fourth-order valence-electron chi connectivity index (χ4n) is 3.08. The van der Waals surface area contributed by atoms with Crippen LogP contribution in [-0.4, -0.2) is 28.5 Å². The molecule has 3 rings (SSSR count). The van der Waals surface area contributed by atoms with Gasteiger partial charge in [-0.05, 0) is 37.6 Å². The number of nitrogens with zero attached hydrogens (tertiary/aromatic N) is 2. The Morgan fingerprint density at radius 2 is 1.85 bits per heavy atom. The van der Waals surface area contributed by atoms with Crippen LogP contribution >= 0.6 is 35.0 Å². The Morgan fingerprint density at radius 3 is 2.56 bits per heavy atom. The Kier molecular flexibility index (Phi) is 6.74. The lowest BCUT2D eigenvalue weighted by Gasteiger charge is -2.19. The molecule has 3 nitrogen and oxygen atoms in total. The van der Waals surface area contributed by atoms with Crippen molar-refractivity contribution in [1.29, 1.82) is 0 Å². The zero-order chi connectivity index (χ0) is 19.4. The van der Waals surface area contributed by atoms with Gasteiger partial charge < -0.3 is 9.47 Å². The van der Waals surface area contributed by atoms with Gasteiger partial charge in [0.25, 0.3) is 0 Å². The fourth-order valence-corrected chi connectivity index (χ4v) is 4.72. The summed E-state index contributed by atoms with van der Waals surface area (Å²) in [5.74, 6) is 0.881. The Hall–Kier alpha value is -1.62. The Bertz CT molecular complexity index is 951. The molecule has 0 saturated carbocycles. The molecule has 27 heavy (non-hydrogen) atoms. The van der Waals surface area contributed by atoms with Gasteiger partial charge in [-0.3, -0.25) is 4.79 Å². The maximum atomic E-state index is 12.6. The molecule has 0 aliphatic heterocycles. The molecule has 1 amide bonds. The van der Waals surface area contributed by atoms with Gasteiger partial charge in [0.05, 0.1) is 0 Å². The van der Waals surface area contributed by atoms with Crippen LogP contribution < -0.4 is 0 Å². The maximum Gasteiger partial charge on any atom is 0.242 e. The van der Waals surface area contributed by atoms with E-state index in [0.717, 1.165) is 40.2 Å². The van der Waals surface area contributed by atoms with Gasteiger partial charge in [-0.25, -0.2) is 0 Å². The lowest BCUT2D eigenvalue weighted by molar-refractivity contribution is -0.131. The number of carbonyl (C=O) groups excluding carboxylic acids is 1. The van der Waals surface area contributed by atoms with Crippen LogP contribution in [0, 0.1) is 0 Å². The van der Waals surface area contributed by atoms with Gasteiger partial charge in [0.1, 0.15) is 6.54 Å². The standard InChI is InChI=1S/C21H22Cl2N2OS/c1-3-24(4-2)21(26)13-25-12-20(17-7-5-6-8-19(17)25)27-14-15-9-10-16(22)11-18(15)23/h5-12H,3-4,13-14H2,1-2H3. The van der Waals surface area contributed by atoms with Crippen molar-refractivity contribution in [2.45, 2.75) is 31.0 Å². The molecule has 0 bridgehead atoms. The summed E-state index contributed by atoms with van der Waals surface area (Å²) in [6.07, 6.45) is 2.07. The highest BCUT2D eigenvalue weighted by Crippen LogP contribution is 2.34. The molecule has 0 radical (unpaired) electrons. The van der Waals surface area contributed by atoms with Crippen molar-refractivity contribution >= 4 is 51.8 Å². The molecule has 0 atom stereocenters. The number of carbonyl (C=O) groups is 1. The summed E-state index contributed by atoms with van der Waals surface area (Å²) in [6, 6.07) is 13.8. The number of likely N-dealkylation sites (N-methyl/N-ethyl adjacent to an activating group) is 1. The number of amides is 1. The molecular formula is C21H22Cl2N2OS. The van der Waals surface area contributed by atoms with E-state index in [1.54, 1.807) is 17.8 Å². The summed E-state index contributed by atoms with van der Waals surface area (Å²) < 4.78 is 2.04. The minimum atomic E-state index is 0.137. The SMILES string of the molecule is CCN(CC)C(=O)Cn1cc(SCc2ccc(Cl)cc2Cl)c2ccccc21. The second-order valence-corrected chi connectivity index (χ2v) is 8.09. The third kappa shape index (κ3) is 4.63. The summed E-state index contributed by atoms with van der Waals surface area (Å²) in [6.45, 7) is 5.82. The second kappa shape index (κ2) is 9.05. The zero-order valence-electron chi connectivity index (χ0n) is 15.4. The Labute approximate surface area is 174 Å². The molecule has 0 N–H and O–H groups in total. The van der Waals surface area contributed by atoms with Crippen LogP contribution in [0.5, 0.6) is 0 Å². The minimum Gasteiger partial charge on any atom is -0.342 e. The van der Waals surface area contributed by atoms with Crippen molar-refractivity contribution in [3.63, 3.8) is 0 Å². The van der Waals surface area contributed by atoms with E-state index < -0.39 is 0 Å². The van der Waals surface area contributed by atoms with Gasteiger partial charge in [0.2, 0.25) is 5.91 Å². The highest BCUT2D eigenvalue weighted by atomic mass is 35.5. The van der Waals surface area contributed by atoms with Crippen molar-refractivity contribution in [1.82, 2.24) is 9.47 Å². The van der Waals surface area contributed by atoms with Crippen LogP contribution in [0.3, 0.4) is 0 Å². The van der Waals surface area contributed by atoms with Gasteiger partial charge in [-0.1, -0.05) is 47.5 Å². The van der Waals surface area contributed by atoms with Gasteiger partial charge in [0, 0.05) is 50.9 Å². The first-order valence-corrected chi connectivity index (χ1v) is 10.7. The van der Waals surface area contributed by atoms with E-state index >= 15 is 0 Å². The summed E-state index contributed by atoms with van der Waals surface area (Å²) >= 11 is 14.0. The number of para-hydroxylation sites is 1. The van der Waals surface area contributed by atoms with E-state index in [-0.39, 0.29) is 5.91 Å². The van der Waals surface area contributed by atoms with Crippen LogP contribution in [0.25, 0.3) is 10.9 Å². The smallest absolute Gasteiger partial charge is 0.242 e. The second-order valence-electron chi connectivity index (χ2n) is 6.23. The third-order valence-corrected chi connectivity index (χ3v) is 6.25. The van der Waals surface area contributed by atoms with Gasteiger partial charge >= 0.3 is 0 Å². The monoisotopic (exact) mass is 420 g/mol. The summed E-state index contributed by atoms with van der Waals surface area (Å²) in [7, 11) is 0. The molecule has 1 heterocycles. The van der Waals surface area contributed by atoms with Crippen molar-refractivity contribution in [3.05, 3.63) is 64.3 Å². The lowest BCUT2D eigenvalue weighted by Crippen LogP contribution is -2.33. The number of benzene rings is 2. The first-order chi connectivity index (χ1) is 13.0. The number of fused-ring (bicyclic) bond motifs is 1. The third-order valence-electron chi connectivity index (χ3n) is 4.57. The van der Waals surface area contributed by atoms with Crippen LogP contribution in [0.4, 0.5) is 0 Å². The topological polar surface area (TPSA) is 25.2 Å². The average molecular weight is 421 g/mol. The number of thioether (sulfide) groups is 1. The molecule has 3 aromatic rings. The van der Waals surface area contributed by atoms with Crippen LogP contribution in [0.15, 0.2) is 53.6 Å². The summed E-state index contributed by atoms with van der Waals surface area (Å²) in [5, 5.41) is 2.47. The molecule has 0 aliphatic rings. The predicted octanol–water partition coefficient (Wildman–Crippen LogP) is 6.11.